The third-order valence-corrected chi connectivity index (χ3v) is 3.63. The number of aromatic nitrogens is 3. The summed E-state index contributed by atoms with van der Waals surface area (Å²) in [5.74, 6) is 0.0586. The van der Waals surface area contributed by atoms with E-state index in [2.05, 4.69) is 10.3 Å². The second kappa shape index (κ2) is 5.20. The molecule has 1 aliphatic heterocycles. The molecule has 1 amide bonds. The number of amides is 1. The average Bonchev–Trinajstić information content (AvgIpc) is 2.85. The quantitative estimate of drug-likeness (QED) is 0.822. The number of fused-ring (bicyclic) bond motifs is 1. The second-order valence-corrected chi connectivity index (χ2v) is 5.27. The molecular weight excluding hydrogens is 256 g/mol. The van der Waals surface area contributed by atoms with E-state index in [9.17, 15) is 4.79 Å². The lowest BCUT2D eigenvalue weighted by Crippen LogP contribution is -2.51. The first kappa shape index (κ1) is 13.1. The van der Waals surface area contributed by atoms with Gasteiger partial charge in [-0.2, -0.15) is 0 Å². The Bertz CT molecular complexity index is 624. The molecule has 0 N–H and O–H groups in total. The minimum Gasteiger partial charge on any atom is -0.375 e. The Kier molecular flexibility index (Phi) is 3.40. The first-order valence-corrected chi connectivity index (χ1v) is 6.84. The van der Waals surface area contributed by atoms with Gasteiger partial charge in [0.15, 0.2) is 0 Å². The topological polar surface area (TPSA) is 60.2 Å². The fourth-order valence-electron chi connectivity index (χ4n) is 2.50. The molecule has 6 nitrogen and oxygen atoms in total. The largest absolute Gasteiger partial charge is 0.375 e. The minimum absolute atomic E-state index is 0.0586. The van der Waals surface area contributed by atoms with Crippen LogP contribution in [-0.4, -0.2) is 51.1 Å². The predicted molar refractivity (Wildman–Crippen MR) is 74.1 cm³/mol. The van der Waals surface area contributed by atoms with Gasteiger partial charge in [0.25, 0.3) is 0 Å². The number of nitrogens with zero attached hydrogens (tertiary/aromatic N) is 4. The van der Waals surface area contributed by atoms with Crippen molar-refractivity contribution in [1.29, 1.82) is 0 Å². The molecule has 20 heavy (non-hydrogen) atoms. The summed E-state index contributed by atoms with van der Waals surface area (Å²) in [6.07, 6.45) is 0.0858. The van der Waals surface area contributed by atoms with Crippen LogP contribution in [0.25, 0.3) is 11.0 Å². The summed E-state index contributed by atoms with van der Waals surface area (Å²) in [4.78, 5) is 14.3. The number of benzene rings is 1. The maximum Gasteiger partial charge on any atom is 0.244 e. The monoisotopic (exact) mass is 274 g/mol. The zero-order valence-electron chi connectivity index (χ0n) is 11.7. The third-order valence-electron chi connectivity index (χ3n) is 3.63. The van der Waals surface area contributed by atoms with Crippen LogP contribution < -0.4 is 0 Å². The summed E-state index contributed by atoms with van der Waals surface area (Å²) >= 11 is 0. The standard InChI is InChI=1S/C14H18N4O2/c1-10-9-20-11(2)7-17(10)14(19)8-18-13-6-4-3-5-12(13)15-16-18/h3-6,10-11H,7-9H2,1-2H3/t10-,11-/m0/s1. The van der Waals surface area contributed by atoms with E-state index < -0.39 is 0 Å². The molecule has 2 aromatic rings. The summed E-state index contributed by atoms with van der Waals surface area (Å²) in [5.41, 5.74) is 1.69. The van der Waals surface area contributed by atoms with Gasteiger partial charge in [0.2, 0.25) is 5.91 Å². The predicted octanol–water partition coefficient (Wildman–Crippen LogP) is 1.07. The van der Waals surface area contributed by atoms with E-state index in [1.807, 2.05) is 43.0 Å². The lowest BCUT2D eigenvalue weighted by Gasteiger charge is -2.36. The van der Waals surface area contributed by atoms with E-state index in [0.717, 1.165) is 11.0 Å². The van der Waals surface area contributed by atoms with Crippen molar-refractivity contribution in [3.63, 3.8) is 0 Å². The Labute approximate surface area is 117 Å². The molecule has 1 saturated heterocycles. The molecule has 1 fully saturated rings. The van der Waals surface area contributed by atoms with Gasteiger partial charge in [-0.25, -0.2) is 4.68 Å². The highest BCUT2D eigenvalue weighted by Gasteiger charge is 2.27. The first-order chi connectivity index (χ1) is 9.65. The van der Waals surface area contributed by atoms with Crippen LogP contribution in [0, 0.1) is 0 Å². The van der Waals surface area contributed by atoms with Gasteiger partial charge in [0.1, 0.15) is 12.1 Å². The maximum atomic E-state index is 12.4. The van der Waals surface area contributed by atoms with Crippen LogP contribution in [0.15, 0.2) is 24.3 Å². The molecule has 0 unspecified atom stereocenters. The number of hydrogen-bond donors (Lipinski definition) is 0. The Balaban J connectivity index is 1.78. The molecular formula is C14H18N4O2. The van der Waals surface area contributed by atoms with Crippen LogP contribution in [0.3, 0.4) is 0 Å². The van der Waals surface area contributed by atoms with Gasteiger partial charge in [-0.1, -0.05) is 17.3 Å². The van der Waals surface area contributed by atoms with Crippen LogP contribution in [0.2, 0.25) is 0 Å². The summed E-state index contributed by atoms with van der Waals surface area (Å²) in [7, 11) is 0. The fourth-order valence-corrected chi connectivity index (χ4v) is 2.50. The number of para-hydroxylation sites is 1. The summed E-state index contributed by atoms with van der Waals surface area (Å²) in [6, 6.07) is 7.76. The molecule has 2 atom stereocenters. The Morgan fingerprint density at radius 3 is 3.05 bits per heavy atom. The zero-order valence-corrected chi connectivity index (χ0v) is 11.7. The summed E-state index contributed by atoms with van der Waals surface area (Å²) in [5, 5.41) is 8.13. The van der Waals surface area contributed by atoms with Crippen molar-refractivity contribution in [2.24, 2.45) is 0 Å². The highest BCUT2D eigenvalue weighted by atomic mass is 16.5. The lowest BCUT2D eigenvalue weighted by molar-refractivity contribution is -0.144. The summed E-state index contributed by atoms with van der Waals surface area (Å²) in [6.45, 7) is 5.43. The minimum atomic E-state index is 0.0586. The highest BCUT2D eigenvalue weighted by molar-refractivity contribution is 5.80. The van der Waals surface area contributed by atoms with Crippen LogP contribution in [-0.2, 0) is 16.1 Å². The van der Waals surface area contributed by atoms with Crippen LogP contribution in [0.5, 0.6) is 0 Å². The molecule has 0 aliphatic carbocycles. The smallest absolute Gasteiger partial charge is 0.244 e. The van der Waals surface area contributed by atoms with Gasteiger partial charge >= 0.3 is 0 Å². The fraction of sp³-hybridized carbons (Fsp3) is 0.500. The average molecular weight is 274 g/mol. The number of ether oxygens (including phenoxy) is 1. The van der Waals surface area contributed by atoms with Crippen molar-refractivity contribution >= 4 is 16.9 Å². The van der Waals surface area contributed by atoms with Gasteiger partial charge in [-0.15, -0.1) is 5.10 Å². The molecule has 2 heterocycles. The van der Waals surface area contributed by atoms with Crippen molar-refractivity contribution in [3.05, 3.63) is 24.3 Å². The number of carbonyl (C=O) groups is 1. The normalized spacial score (nSPS) is 23.2. The molecule has 0 saturated carbocycles. The Morgan fingerprint density at radius 1 is 1.40 bits per heavy atom. The maximum absolute atomic E-state index is 12.4. The third kappa shape index (κ3) is 2.38. The molecule has 3 rings (SSSR count). The molecule has 0 radical (unpaired) electrons. The van der Waals surface area contributed by atoms with E-state index in [1.165, 1.54) is 0 Å². The summed E-state index contributed by atoms with van der Waals surface area (Å²) < 4.78 is 7.20. The molecule has 0 spiro atoms. The molecule has 6 heteroatoms. The molecule has 106 valence electrons. The van der Waals surface area contributed by atoms with E-state index in [1.54, 1.807) is 4.68 Å². The van der Waals surface area contributed by atoms with Crippen LogP contribution in [0.4, 0.5) is 0 Å². The van der Waals surface area contributed by atoms with E-state index >= 15 is 0 Å². The van der Waals surface area contributed by atoms with Crippen molar-refractivity contribution < 1.29 is 9.53 Å². The molecule has 1 aliphatic rings. The number of hydrogen-bond acceptors (Lipinski definition) is 4. The van der Waals surface area contributed by atoms with E-state index in [-0.39, 0.29) is 24.6 Å². The molecule has 0 bridgehead atoms. The van der Waals surface area contributed by atoms with Gasteiger partial charge in [-0.05, 0) is 26.0 Å². The van der Waals surface area contributed by atoms with Gasteiger partial charge in [-0.3, -0.25) is 4.79 Å². The number of carbonyl (C=O) groups excluding carboxylic acids is 1. The molecule has 1 aromatic heterocycles. The zero-order chi connectivity index (χ0) is 14.1. The van der Waals surface area contributed by atoms with Gasteiger partial charge < -0.3 is 9.64 Å². The number of morpholine rings is 1. The van der Waals surface area contributed by atoms with Crippen molar-refractivity contribution in [2.75, 3.05) is 13.2 Å². The highest BCUT2D eigenvalue weighted by Crippen LogP contribution is 2.14. The van der Waals surface area contributed by atoms with Crippen molar-refractivity contribution in [2.45, 2.75) is 32.5 Å². The van der Waals surface area contributed by atoms with E-state index in [0.29, 0.717) is 13.2 Å². The second-order valence-electron chi connectivity index (χ2n) is 5.27. The van der Waals surface area contributed by atoms with Gasteiger partial charge in [0, 0.05) is 6.54 Å². The van der Waals surface area contributed by atoms with Crippen LogP contribution >= 0.6 is 0 Å². The van der Waals surface area contributed by atoms with E-state index in [4.69, 9.17) is 4.74 Å². The lowest BCUT2D eigenvalue weighted by atomic mass is 10.2. The van der Waals surface area contributed by atoms with Crippen LogP contribution in [0.1, 0.15) is 13.8 Å². The van der Waals surface area contributed by atoms with Crippen molar-refractivity contribution in [3.8, 4) is 0 Å². The SMILES string of the molecule is C[C@H]1CN(C(=O)Cn2nnc3ccccc32)[C@@H](C)CO1. The Hall–Kier alpha value is -1.95. The first-order valence-electron chi connectivity index (χ1n) is 6.84. The number of rotatable bonds is 2. The van der Waals surface area contributed by atoms with Gasteiger partial charge in [0.05, 0.1) is 24.3 Å². The van der Waals surface area contributed by atoms with Crippen molar-refractivity contribution in [1.82, 2.24) is 19.9 Å². The molecule has 1 aromatic carbocycles. The Morgan fingerprint density at radius 2 is 2.20 bits per heavy atom.